The number of fused-ring (bicyclic) bond motifs is 1. The van der Waals surface area contributed by atoms with Gasteiger partial charge in [0.15, 0.2) is 0 Å². The summed E-state index contributed by atoms with van der Waals surface area (Å²) in [5.41, 5.74) is 2.12. The van der Waals surface area contributed by atoms with Gasteiger partial charge in [-0.2, -0.15) is 0 Å². The Morgan fingerprint density at radius 2 is 2.04 bits per heavy atom. The molecule has 1 spiro atoms. The summed E-state index contributed by atoms with van der Waals surface area (Å²) in [5.74, 6) is 0.876. The molecule has 28 heavy (non-hydrogen) atoms. The van der Waals surface area contributed by atoms with Gasteiger partial charge in [0.1, 0.15) is 11.4 Å². The third-order valence-electron chi connectivity index (χ3n) is 6.17. The fourth-order valence-corrected chi connectivity index (χ4v) is 4.36. The van der Waals surface area contributed by atoms with Crippen LogP contribution in [0.15, 0.2) is 24.3 Å². The molecular weight excluding hydrogens is 354 g/mol. The van der Waals surface area contributed by atoms with Gasteiger partial charge < -0.3 is 24.3 Å². The summed E-state index contributed by atoms with van der Waals surface area (Å²) in [7, 11) is 1.69. The first-order valence-electron chi connectivity index (χ1n) is 10.5. The summed E-state index contributed by atoms with van der Waals surface area (Å²) in [6, 6.07) is 8.36. The molecule has 3 heterocycles. The average molecular weight is 386 g/mol. The average Bonchev–Trinajstić information content (AvgIpc) is 3.25. The zero-order chi connectivity index (χ0) is 19.6. The van der Waals surface area contributed by atoms with Crippen LogP contribution in [0.4, 0.5) is 4.79 Å². The minimum absolute atomic E-state index is 0.115. The number of methoxy groups -OCH3 is 1. The second-order valence-electron chi connectivity index (χ2n) is 8.17. The summed E-state index contributed by atoms with van der Waals surface area (Å²) in [6.45, 7) is 6.74. The van der Waals surface area contributed by atoms with Gasteiger partial charge in [0, 0.05) is 62.7 Å². The van der Waals surface area contributed by atoms with Gasteiger partial charge in [0.05, 0.1) is 13.7 Å². The van der Waals surface area contributed by atoms with Crippen molar-refractivity contribution < 1.29 is 14.3 Å². The summed E-state index contributed by atoms with van der Waals surface area (Å²) >= 11 is 0. The number of aromatic nitrogens is 1. The SMILES string of the molecule is CCCCN1CC2(CCN(CCc3cc4ccc(OC)cc4[nH]3)CC2)OC1=O. The number of H-pyrrole nitrogens is 1. The molecule has 2 aromatic rings. The van der Waals surface area contributed by atoms with Crippen molar-refractivity contribution in [1.29, 1.82) is 0 Å². The van der Waals surface area contributed by atoms with Crippen molar-refractivity contribution in [2.75, 3.05) is 39.8 Å². The van der Waals surface area contributed by atoms with E-state index in [4.69, 9.17) is 9.47 Å². The number of piperidine rings is 1. The van der Waals surface area contributed by atoms with Gasteiger partial charge in [-0.05, 0) is 30.0 Å². The number of nitrogens with one attached hydrogen (secondary N) is 1. The van der Waals surface area contributed by atoms with Crippen molar-refractivity contribution in [2.24, 2.45) is 0 Å². The van der Waals surface area contributed by atoms with Gasteiger partial charge in [-0.25, -0.2) is 4.79 Å². The monoisotopic (exact) mass is 385 g/mol. The highest BCUT2D eigenvalue weighted by molar-refractivity contribution is 5.81. The van der Waals surface area contributed by atoms with Crippen LogP contribution in [0.1, 0.15) is 38.3 Å². The van der Waals surface area contributed by atoms with Gasteiger partial charge in [-0.3, -0.25) is 0 Å². The molecule has 0 atom stereocenters. The van der Waals surface area contributed by atoms with Crippen LogP contribution in [0.3, 0.4) is 0 Å². The number of aromatic amines is 1. The van der Waals surface area contributed by atoms with Crippen LogP contribution >= 0.6 is 0 Å². The van der Waals surface area contributed by atoms with Crippen LogP contribution in [-0.4, -0.2) is 66.3 Å². The molecule has 6 heteroatoms. The lowest BCUT2D eigenvalue weighted by molar-refractivity contribution is 0.000986. The highest BCUT2D eigenvalue weighted by atomic mass is 16.6. The first-order chi connectivity index (χ1) is 13.6. The Labute approximate surface area is 166 Å². The van der Waals surface area contributed by atoms with E-state index >= 15 is 0 Å². The molecule has 2 aliphatic rings. The van der Waals surface area contributed by atoms with Crippen LogP contribution in [-0.2, 0) is 11.2 Å². The Morgan fingerprint density at radius 3 is 2.79 bits per heavy atom. The molecule has 152 valence electrons. The Morgan fingerprint density at radius 1 is 1.21 bits per heavy atom. The Balaban J connectivity index is 1.29. The number of ether oxygens (including phenoxy) is 2. The number of hydrogen-bond donors (Lipinski definition) is 1. The predicted molar refractivity (Wildman–Crippen MR) is 110 cm³/mol. The lowest BCUT2D eigenvalue weighted by atomic mass is 9.91. The molecule has 0 unspecified atom stereocenters. The number of hydrogen-bond acceptors (Lipinski definition) is 4. The highest BCUT2D eigenvalue weighted by Crippen LogP contribution is 2.33. The van der Waals surface area contributed by atoms with E-state index in [1.807, 2.05) is 17.0 Å². The second-order valence-corrected chi connectivity index (χ2v) is 8.17. The van der Waals surface area contributed by atoms with E-state index in [9.17, 15) is 4.79 Å². The lowest BCUT2D eigenvalue weighted by Gasteiger charge is -2.37. The number of unbranched alkanes of at least 4 members (excludes halogenated alkanes) is 1. The standard InChI is InChI=1S/C22H31N3O3/c1-3-4-10-25-16-22(28-21(25)26)8-12-24(13-9-22)11-7-18-14-17-5-6-19(27-2)15-20(17)23-18/h5-6,14-15,23H,3-4,7-13,16H2,1-2H3. The maximum atomic E-state index is 12.2. The summed E-state index contributed by atoms with van der Waals surface area (Å²) in [6.07, 6.45) is 4.90. The lowest BCUT2D eigenvalue weighted by Crippen LogP contribution is -2.47. The zero-order valence-corrected chi connectivity index (χ0v) is 17.0. The van der Waals surface area contributed by atoms with E-state index in [1.54, 1.807) is 7.11 Å². The fourth-order valence-electron chi connectivity index (χ4n) is 4.36. The van der Waals surface area contributed by atoms with Crippen molar-refractivity contribution in [3.63, 3.8) is 0 Å². The van der Waals surface area contributed by atoms with E-state index in [-0.39, 0.29) is 11.7 Å². The molecule has 1 aromatic carbocycles. The van der Waals surface area contributed by atoms with E-state index in [2.05, 4.69) is 28.9 Å². The molecule has 1 amide bonds. The fraction of sp³-hybridized carbons (Fsp3) is 0.591. The first-order valence-corrected chi connectivity index (χ1v) is 10.5. The third-order valence-corrected chi connectivity index (χ3v) is 6.17. The number of carbonyl (C=O) groups is 1. The molecule has 0 radical (unpaired) electrons. The minimum Gasteiger partial charge on any atom is -0.497 e. The number of nitrogens with zero attached hydrogens (tertiary/aromatic N) is 2. The van der Waals surface area contributed by atoms with Crippen molar-refractivity contribution in [3.8, 4) is 5.75 Å². The molecule has 0 aliphatic carbocycles. The van der Waals surface area contributed by atoms with Gasteiger partial charge >= 0.3 is 6.09 Å². The Hall–Kier alpha value is -2.21. The molecule has 2 fully saturated rings. The summed E-state index contributed by atoms with van der Waals surface area (Å²) < 4.78 is 11.1. The number of likely N-dealkylation sites (tertiary alicyclic amines) is 1. The van der Waals surface area contributed by atoms with E-state index < -0.39 is 0 Å². The number of amides is 1. The van der Waals surface area contributed by atoms with E-state index in [0.717, 1.165) is 76.1 Å². The van der Waals surface area contributed by atoms with Gasteiger partial charge in [-0.1, -0.05) is 13.3 Å². The first kappa shape index (κ1) is 19.1. The number of rotatable bonds is 7. The molecule has 4 rings (SSSR count). The van der Waals surface area contributed by atoms with Crippen LogP contribution in [0.2, 0.25) is 0 Å². The Bertz CT molecular complexity index is 824. The van der Waals surface area contributed by atoms with Crippen molar-refractivity contribution in [2.45, 2.75) is 44.6 Å². The van der Waals surface area contributed by atoms with E-state index in [0.29, 0.717) is 0 Å². The van der Waals surface area contributed by atoms with Crippen LogP contribution in [0, 0.1) is 0 Å². The van der Waals surface area contributed by atoms with Gasteiger partial charge in [0.2, 0.25) is 0 Å². The van der Waals surface area contributed by atoms with Crippen LogP contribution < -0.4 is 4.74 Å². The molecule has 6 nitrogen and oxygen atoms in total. The topological polar surface area (TPSA) is 57.8 Å². The molecule has 1 aromatic heterocycles. The van der Waals surface area contributed by atoms with Crippen molar-refractivity contribution in [1.82, 2.24) is 14.8 Å². The van der Waals surface area contributed by atoms with E-state index in [1.165, 1.54) is 11.1 Å². The third kappa shape index (κ3) is 3.97. The normalized spacial score (nSPS) is 19.5. The van der Waals surface area contributed by atoms with Crippen molar-refractivity contribution >= 4 is 17.0 Å². The molecule has 0 bridgehead atoms. The Kier molecular flexibility index (Phi) is 5.49. The van der Waals surface area contributed by atoms with Crippen LogP contribution in [0.5, 0.6) is 5.75 Å². The van der Waals surface area contributed by atoms with Gasteiger partial charge in [-0.15, -0.1) is 0 Å². The smallest absolute Gasteiger partial charge is 0.410 e. The maximum Gasteiger partial charge on any atom is 0.410 e. The molecule has 2 aliphatic heterocycles. The highest BCUT2D eigenvalue weighted by Gasteiger charge is 2.46. The summed E-state index contributed by atoms with van der Waals surface area (Å²) in [5, 5.41) is 1.22. The second kappa shape index (κ2) is 8.03. The number of carbonyl (C=O) groups excluding carboxylic acids is 1. The van der Waals surface area contributed by atoms with Gasteiger partial charge in [0.25, 0.3) is 0 Å². The molecular formula is C22H31N3O3. The molecule has 1 N–H and O–H groups in total. The molecule has 0 saturated carbocycles. The summed E-state index contributed by atoms with van der Waals surface area (Å²) in [4.78, 5) is 20.0. The zero-order valence-electron chi connectivity index (χ0n) is 17.0. The van der Waals surface area contributed by atoms with Crippen LogP contribution in [0.25, 0.3) is 10.9 Å². The quantitative estimate of drug-likeness (QED) is 0.787. The predicted octanol–water partition coefficient (Wildman–Crippen LogP) is 3.81. The molecule has 2 saturated heterocycles. The largest absolute Gasteiger partial charge is 0.497 e. The maximum absolute atomic E-state index is 12.2. The van der Waals surface area contributed by atoms with Crippen molar-refractivity contribution in [3.05, 3.63) is 30.0 Å². The minimum atomic E-state index is -0.251. The number of benzene rings is 1.